The molecule has 0 aromatic heterocycles. The van der Waals surface area contributed by atoms with Gasteiger partial charge in [-0.05, 0) is 0 Å². The third-order valence-corrected chi connectivity index (χ3v) is 10.7. The van der Waals surface area contributed by atoms with Crippen molar-refractivity contribution in [3.63, 3.8) is 0 Å². The van der Waals surface area contributed by atoms with Crippen LogP contribution in [0.15, 0.2) is 60.7 Å². The Kier molecular flexibility index (Phi) is 6.15. The molecule has 2 nitrogen and oxygen atoms in total. The summed E-state index contributed by atoms with van der Waals surface area (Å²) in [5, 5.41) is 3.71. The maximum absolute atomic E-state index is 13.7. The van der Waals surface area contributed by atoms with E-state index in [0.29, 0.717) is 11.8 Å². The van der Waals surface area contributed by atoms with Crippen LogP contribution in [-0.4, -0.2) is 13.3 Å². The van der Waals surface area contributed by atoms with Crippen LogP contribution in [0.25, 0.3) is 0 Å². The van der Waals surface area contributed by atoms with Gasteiger partial charge in [-0.3, -0.25) is 0 Å². The zero-order chi connectivity index (χ0) is 23.2. The molecule has 0 radical (unpaired) electrons. The van der Waals surface area contributed by atoms with E-state index in [2.05, 4.69) is 91.6 Å². The Labute approximate surface area is 195 Å². The minimum atomic E-state index is -2.03. The van der Waals surface area contributed by atoms with Gasteiger partial charge in [0.15, 0.2) is 0 Å². The molecular formula is C28H35FGeN2. The number of hydrogen-bond donors (Lipinski definition) is 1. The van der Waals surface area contributed by atoms with E-state index in [1.807, 2.05) is 12.1 Å². The van der Waals surface area contributed by atoms with Crippen molar-refractivity contribution in [3.05, 3.63) is 83.2 Å². The van der Waals surface area contributed by atoms with Crippen LogP contribution in [0.1, 0.15) is 62.4 Å². The molecule has 3 aromatic carbocycles. The maximum atomic E-state index is 13.7. The van der Waals surface area contributed by atoms with Crippen molar-refractivity contribution in [2.24, 2.45) is 0 Å². The fraction of sp³-hybridized carbons (Fsp3) is 0.357. The summed E-state index contributed by atoms with van der Waals surface area (Å²) in [5.41, 5.74) is 7.45. The van der Waals surface area contributed by atoms with Crippen molar-refractivity contribution < 1.29 is 4.39 Å². The van der Waals surface area contributed by atoms with Crippen molar-refractivity contribution in [2.45, 2.75) is 63.0 Å². The Bertz CT molecular complexity index is 1080. The first-order chi connectivity index (χ1) is 15.1. The zero-order valence-corrected chi connectivity index (χ0v) is 22.4. The number of nitrogens with one attached hydrogen (secondary N) is 1. The number of anilines is 3. The number of benzene rings is 3. The van der Waals surface area contributed by atoms with E-state index in [1.165, 1.54) is 22.5 Å². The summed E-state index contributed by atoms with van der Waals surface area (Å²) in [6.45, 7) is 9.19. The summed E-state index contributed by atoms with van der Waals surface area (Å²) in [6, 6.07) is 20.4. The van der Waals surface area contributed by atoms with Crippen LogP contribution in [0.3, 0.4) is 0 Å². The summed E-state index contributed by atoms with van der Waals surface area (Å²) in [5.74, 6) is 8.00. The second kappa shape index (κ2) is 8.59. The Morgan fingerprint density at radius 1 is 0.844 bits per heavy atom. The minimum absolute atomic E-state index is 0.0787. The van der Waals surface area contributed by atoms with Gasteiger partial charge < -0.3 is 0 Å². The van der Waals surface area contributed by atoms with E-state index in [-0.39, 0.29) is 12.0 Å². The van der Waals surface area contributed by atoms with Gasteiger partial charge in [0.2, 0.25) is 0 Å². The standard InChI is InChI=1S/C28H35FGeN2/c1-18(2)23-16-22(30(5,6)7)17-24(19(3)4)27(23)32-26-11-9-8-10-25(26)31-28(32)20-12-14-21(29)15-13-20/h8-19,28,31H,1-7H3. The Hall–Kier alpha value is -2.27. The second-order valence-electron chi connectivity index (χ2n) is 10.5. The molecule has 1 aliphatic rings. The molecular weight excluding hydrogens is 456 g/mol. The molecule has 4 heteroatoms. The first-order valence-electron chi connectivity index (χ1n) is 11.7. The van der Waals surface area contributed by atoms with Crippen LogP contribution in [-0.2, 0) is 0 Å². The average Bonchev–Trinajstić information content (AvgIpc) is 3.11. The quantitative estimate of drug-likeness (QED) is 0.366. The van der Waals surface area contributed by atoms with Crippen molar-refractivity contribution >= 4 is 34.7 Å². The van der Waals surface area contributed by atoms with Crippen LogP contribution in [0.5, 0.6) is 0 Å². The molecule has 168 valence electrons. The van der Waals surface area contributed by atoms with Gasteiger partial charge >= 0.3 is 195 Å². The first kappa shape index (κ1) is 22.9. The molecule has 1 unspecified atom stereocenters. The van der Waals surface area contributed by atoms with Crippen molar-refractivity contribution in [1.82, 2.24) is 0 Å². The average molecular weight is 491 g/mol. The fourth-order valence-electron chi connectivity index (χ4n) is 4.56. The fourth-order valence-corrected chi connectivity index (χ4v) is 7.02. The summed E-state index contributed by atoms with van der Waals surface area (Å²) in [7, 11) is 0. The molecule has 0 saturated heterocycles. The Morgan fingerprint density at radius 2 is 1.41 bits per heavy atom. The van der Waals surface area contributed by atoms with Gasteiger partial charge in [0.1, 0.15) is 0 Å². The Morgan fingerprint density at radius 3 is 1.94 bits per heavy atom. The van der Waals surface area contributed by atoms with Crippen LogP contribution >= 0.6 is 0 Å². The molecule has 1 aliphatic heterocycles. The molecule has 1 N–H and O–H groups in total. The second-order valence-corrected chi connectivity index (χ2v) is 21.2. The van der Waals surface area contributed by atoms with Gasteiger partial charge in [0.05, 0.1) is 0 Å². The molecule has 0 saturated carbocycles. The predicted molar refractivity (Wildman–Crippen MR) is 139 cm³/mol. The van der Waals surface area contributed by atoms with Crippen LogP contribution < -0.4 is 14.6 Å². The number of halogens is 1. The van der Waals surface area contributed by atoms with Gasteiger partial charge in [-0.25, -0.2) is 0 Å². The molecule has 0 spiro atoms. The monoisotopic (exact) mass is 492 g/mol. The third kappa shape index (κ3) is 4.20. The molecule has 32 heavy (non-hydrogen) atoms. The molecule has 3 aromatic rings. The summed E-state index contributed by atoms with van der Waals surface area (Å²) in [6.07, 6.45) is -0.0787. The van der Waals surface area contributed by atoms with E-state index in [9.17, 15) is 4.39 Å². The summed E-state index contributed by atoms with van der Waals surface area (Å²) < 4.78 is 15.3. The first-order valence-corrected chi connectivity index (χ1v) is 19.0. The van der Waals surface area contributed by atoms with Crippen LogP contribution in [0.2, 0.25) is 17.3 Å². The Balaban J connectivity index is 2.00. The molecule has 1 atom stereocenters. The van der Waals surface area contributed by atoms with Gasteiger partial charge in [0.25, 0.3) is 0 Å². The van der Waals surface area contributed by atoms with Crippen molar-refractivity contribution in [1.29, 1.82) is 0 Å². The molecule has 1 heterocycles. The normalized spacial score (nSPS) is 15.9. The number of hydrogen-bond acceptors (Lipinski definition) is 2. The SMILES string of the molecule is CC(C)c1c[c]([Ge]([CH3])([CH3])[CH3])cc(C(C)C)c1N1c2ccccc2NC1c1ccc(F)cc1. The summed E-state index contributed by atoms with van der Waals surface area (Å²) >= 11 is -2.03. The van der Waals surface area contributed by atoms with Crippen LogP contribution in [0.4, 0.5) is 21.5 Å². The number of fused-ring (bicyclic) bond motifs is 1. The van der Waals surface area contributed by atoms with E-state index >= 15 is 0 Å². The predicted octanol–water partition coefficient (Wildman–Crippen LogP) is 7.88. The van der Waals surface area contributed by atoms with Gasteiger partial charge in [-0.2, -0.15) is 0 Å². The van der Waals surface area contributed by atoms with Crippen molar-refractivity contribution in [3.8, 4) is 0 Å². The number of nitrogens with zero attached hydrogens (tertiary/aromatic N) is 1. The van der Waals surface area contributed by atoms with Gasteiger partial charge in [-0.15, -0.1) is 0 Å². The zero-order valence-electron chi connectivity index (χ0n) is 20.3. The van der Waals surface area contributed by atoms with Gasteiger partial charge in [-0.1, -0.05) is 0 Å². The molecule has 0 bridgehead atoms. The van der Waals surface area contributed by atoms with E-state index in [4.69, 9.17) is 0 Å². The van der Waals surface area contributed by atoms with E-state index < -0.39 is 13.3 Å². The van der Waals surface area contributed by atoms with E-state index in [1.54, 1.807) is 16.5 Å². The van der Waals surface area contributed by atoms with E-state index in [0.717, 1.165) is 11.3 Å². The number of para-hydroxylation sites is 2. The topological polar surface area (TPSA) is 15.3 Å². The van der Waals surface area contributed by atoms with Gasteiger partial charge in [0, 0.05) is 0 Å². The summed E-state index contributed by atoms with van der Waals surface area (Å²) in [4.78, 5) is 2.45. The number of rotatable bonds is 5. The molecule has 4 rings (SSSR count). The van der Waals surface area contributed by atoms with Crippen molar-refractivity contribution in [2.75, 3.05) is 10.2 Å². The van der Waals surface area contributed by atoms with Crippen LogP contribution in [0, 0.1) is 5.82 Å². The third-order valence-electron chi connectivity index (χ3n) is 6.42. The molecule has 0 aliphatic carbocycles. The molecule has 0 fully saturated rings. The molecule has 0 amide bonds.